The lowest BCUT2D eigenvalue weighted by molar-refractivity contribution is 0.134. The number of nitrogens with two attached hydrogens (primary N) is 1. The van der Waals surface area contributed by atoms with Crippen molar-refractivity contribution in [1.82, 2.24) is 4.31 Å². The number of rotatable bonds is 9. The van der Waals surface area contributed by atoms with Crippen LogP contribution in [0.1, 0.15) is 19.8 Å². The number of benzene rings is 1. The summed E-state index contributed by atoms with van der Waals surface area (Å²) < 4.78 is 30.8. The van der Waals surface area contributed by atoms with E-state index >= 15 is 0 Å². The van der Waals surface area contributed by atoms with Crippen LogP contribution in [-0.2, 0) is 14.8 Å². The second kappa shape index (κ2) is 8.21. The Morgan fingerprint density at radius 3 is 2.62 bits per heavy atom. The number of nitrogens with zero attached hydrogens (tertiary/aromatic N) is 1. The van der Waals surface area contributed by atoms with Crippen LogP contribution in [0.3, 0.4) is 0 Å². The minimum absolute atomic E-state index is 0.125. The molecule has 3 N–H and O–H groups in total. The summed E-state index contributed by atoms with van der Waals surface area (Å²) >= 11 is 0. The Labute approximate surface area is 127 Å². The van der Waals surface area contributed by atoms with E-state index in [1.807, 2.05) is 0 Å². The van der Waals surface area contributed by atoms with Crippen molar-refractivity contribution < 1.29 is 13.2 Å². The summed E-state index contributed by atoms with van der Waals surface area (Å²) in [5, 5.41) is 3.15. The summed E-state index contributed by atoms with van der Waals surface area (Å²) in [7, 11) is -0.557. The van der Waals surface area contributed by atoms with Gasteiger partial charge in [-0.2, -0.15) is 0 Å². The molecular formula is C14H25N3O3S. The van der Waals surface area contributed by atoms with E-state index in [0.717, 1.165) is 23.8 Å². The van der Waals surface area contributed by atoms with E-state index in [1.165, 1.54) is 20.2 Å². The van der Waals surface area contributed by atoms with E-state index in [0.29, 0.717) is 18.8 Å². The van der Waals surface area contributed by atoms with Gasteiger partial charge in [0, 0.05) is 33.9 Å². The van der Waals surface area contributed by atoms with Crippen LogP contribution >= 0.6 is 0 Å². The molecule has 1 aromatic rings. The lowest BCUT2D eigenvalue weighted by atomic mass is 10.2. The highest BCUT2D eigenvalue weighted by molar-refractivity contribution is 7.89. The van der Waals surface area contributed by atoms with Crippen molar-refractivity contribution in [3.63, 3.8) is 0 Å². The van der Waals surface area contributed by atoms with Crippen LogP contribution in [0.4, 0.5) is 11.4 Å². The molecule has 0 unspecified atom stereocenters. The molecule has 1 aromatic carbocycles. The fraction of sp³-hybridized carbons (Fsp3) is 0.571. The van der Waals surface area contributed by atoms with E-state index in [-0.39, 0.29) is 10.6 Å². The summed E-state index contributed by atoms with van der Waals surface area (Å²) in [6.07, 6.45) is 1.84. The maximum Gasteiger partial charge on any atom is 0.244 e. The van der Waals surface area contributed by atoms with E-state index in [9.17, 15) is 8.42 Å². The van der Waals surface area contributed by atoms with Crippen LogP contribution in [0.15, 0.2) is 23.1 Å². The van der Waals surface area contributed by atoms with Crippen LogP contribution in [0.25, 0.3) is 0 Å². The van der Waals surface area contributed by atoms with E-state index in [4.69, 9.17) is 10.5 Å². The molecule has 0 aliphatic heterocycles. The monoisotopic (exact) mass is 315 g/mol. The second-order valence-corrected chi connectivity index (χ2v) is 7.02. The third kappa shape index (κ3) is 4.87. The van der Waals surface area contributed by atoms with E-state index in [1.54, 1.807) is 12.1 Å². The first-order valence-electron chi connectivity index (χ1n) is 7.04. The average Bonchev–Trinajstić information content (AvgIpc) is 2.43. The summed E-state index contributed by atoms with van der Waals surface area (Å²) in [6.45, 7) is 4.18. The summed E-state index contributed by atoms with van der Waals surface area (Å²) in [5.41, 5.74) is 6.85. The normalized spacial score (nSPS) is 11.8. The highest BCUT2D eigenvalue weighted by Gasteiger charge is 2.21. The molecular weight excluding hydrogens is 290 g/mol. The number of nitrogens with one attached hydrogen (secondary N) is 1. The van der Waals surface area contributed by atoms with Gasteiger partial charge in [-0.05, 0) is 25.0 Å². The van der Waals surface area contributed by atoms with Crippen LogP contribution in [0, 0.1) is 0 Å². The molecule has 0 aliphatic carbocycles. The Hall–Kier alpha value is -1.31. The predicted molar refractivity (Wildman–Crippen MR) is 85.9 cm³/mol. The summed E-state index contributed by atoms with van der Waals surface area (Å²) in [5.74, 6) is 0. The van der Waals surface area contributed by atoms with Gasteiger partial charge in [-0.25, -0.2) is 12.7 Å². The average molecular weight is 315 g/mol. The second-order valence-electron chi connectivity index (χ2n) is 4.90. The minimum atomic E-state index is -3.53. The van der Waals surface area contributed by atoms with Gasteiger partial charge in [-0.15, -0.1) is 0 Å². The van der Waals surface area contributed by atoms with Gasteiger partial charge >= 0.3 is 0 Å². The quantitative estimate of drug-likeness (QED) is 0.536. The Morgan fingerprint density at radius 2 is 2.00 bits per heavy atom. The fourth-order valence-corrected chi connectivity index (χ4v) is 2.80. The molecule has 0 radical (unpaired) electrons. The Morgan fingerprint density at radius 1 is 1.29 bits per heavy atom. The molecule has 0 bridgehead atoms. The topological polar surface area (TPSA) is 84.7 Å². The van der Waals surface area contributed by atoms with Crippen LogP contribution in [-0.4, -0.2) is 46.6 Å². The number of para-hydroxylation sites is 1. The smallest absolute Gasteiger partial charge is 0.244 e. The van der Waals surface area contributed by atoms with Crippen LogP contribution in [0.2, 0.25) is 0 Å². The standard InChI is InChI=1S/C14H25N3O3S/c1-4-10-20-11-6-9-16-12-7-5-8-13(14(12)15)21(18,19)17(2)3/h5,7-8,16H,4,6,9-11,15H2,1-3H3. The zero-order chi connectivity index (χ0) is 15.9. The SMILES string of the molecule is CCCOCCCNc1cccc(S(=O)(=O)N(C)C)c1N. The maximum absolute atomic E-state index is 12.2. The number of sulfonamides is 1. The first-order chi connectivity index (χ1) is 9.91. The molecule has 120 valence electrons. The van der Waals surface area contributed by atoms with E-state index < -0.39 is 10.0 Å². The predicted octanol–water partition coefficient (Wildman–Crippen LogP) is 1.75. The molecule has 0 fully saturated rings. The lowest BCUT2D eigenvalue weighted by Gasteiger charge is -2.16. The molecule has 6 nitrogen and oxygen atoms in total. The third-order valence-corrected chi connectivity index (χ3v) is 4.83. The number of hydrogen-bond acceptors (Lipinski definition) is 5. The number of nitrogen functional groups attached to an aromatic ring is 1. The first-order valence-corrected chi connectivity index (χ1v) is 8.48. The number of hydrogen-bond donors (Lipinski definition) is 2. The molecule has 0 heterocycles. The lowest BCUT2D eigenvalue weighted by Crippen LogP contribution is -2.23. The van der Waals surface area contributed by atoms with Crippen molar-refractivity contribution in [1.29, 1.82) is 0 Å². The van der Waals surface area contributed by atoms with Crippen molar-refractivity contribution in [3.8, 4) is 0 Å². The van der Waals surface area contributed by atoms with Crippen molar-refractivity contribution in [2.75, 3.05) is 44.9 Å². The molecule has 0 aliphatic rings. The van der Waals surface area contributed by atoms with Gasteiger partial charge in [0.25, 0.3) is 0 Å². The van der Waals surface area contributed by atoms with Gasteiger partial charge in [0.05, 0.1) is 11.4 Å². The van der Waals surface area contributed by atoms with E-state index in [2.05, 4.69) is 12.2 Å². The molecule has 7 heteroatoms. The van der Waals surface area contributed by atoms with Gasteiger partial charge in [-0.3, -0.25) is 0 Å². The Kier molecular flexibility index (Phi) is 6.94. The van der Waals surface area contributed by atoms with Gasteiger partial charge in [0.15, 0.2) is 0 Å². The van der Waals surface area contributed by atoms with Crippen molar-refractivity contribution in [3.05, 3.63) is 18.2 Å². The molecule has 0 atom stereocenters. The molecule has 0 spiro atoms. The van der Waals surface area contributed by atoms with Gasteiger partial charge in [0.2, 0.25) is 10.0 Å². The molecule has 0 amide bonds. The third-order valence-electron chi connectivity index (χ3n) is 2.95. The Bertz CT molecular complexity index is 544. The van der Waals surface area contributed by atoms with Gasteiger partial charge in [0.1, 0.15) is 4.90 Å². The number of ether oxygens (including phenoxy) is 1. The first kappa shape index (κ1) is 17.7. The number of anilines is 2. The van der Waals surface area contributed by atoms with Crippen molar-refractivity contribution in [2.24, 2.45) is 0 Å². The largest absolute Gasteiger partial charge is 0.396 e. The summed E-state index contributed by atoms with van der Waals surface area (Å²) in [4.78, 5) is 0.125. The Balaban J connectivity index is 2.69. The minimum Gasteiger partial charge on any atom is -0.396 e. The summed E-state index contributed by atoms with van der Waals surface area (Å²) in [6, 6.07) is 4.97. The van der Waals surface area contributed by atoms with Gasteiger partial charge < -0.3 is 15.8 Å². The highest BCUT2D eigenvalue weighted by atomic mass is 32.2. The van der Waals surface area contributed by atoms with Crippen molar-refractivity contribution in [2.45, 2.75) is 24.7 Å². The molecule has 21 heavy (non-hydrogen) atoms. The van der Waals surface area contributed by atoms with Gasteiger partial charge in [-0.1, -0.05) is 13.0 Å². The van der Waals surface area contributed by atoms with Crippen molar-refractivity contribution >= 4 is 21.4 Å². The zero-order valence-corrected chi connectivity index (χ0v) is 13.7. The van der Waals surface area contributed by atoms with Crippen LogP contribution < -0.4 is 11.1 Å². The molecule has 1 rings (SSSR count). The highest BCUT2D eigenvalue weighted by Crippen LogP contribution is 2.28. The molecule has 0 saturated carbocycles. The molecule has 0 saturated heterocycles. The fourth-order valence-electron chi connectivity index (χ4n) is 1.76. The zero-order valence-electron chi connectivity index (χ0n) is 12.9. The maximum atomic E-state index is 12.2. The van der Waals surface area contributed by atoms with Crippen LogP contribution in [0.5, 0.6) is 0 Å². The molecule has 0 aromatic heterocycles.